The number of nitrogens with zero attached hydrogens (tertiary/aromatic N) is 4. The number of rotatable bonds is 22. The maximum absolute atomic E-state index is 14.6. The largest absolute Gasteiger partial charge is 0.467 e. The minimum atomic E-state index is -0.818. The van der Waals surface area contributed by atoms with Gasteiger partial charge < -0.3 is 49.5 Å². The van der Waals surface area contributed by atoms with E-state index in [-0.39, 0.29) is 48.5 Å². The maximum atomic E-state index is 14.6. The van der Waals surface area contributed by atoms with Crippen molar-refractivity contribution >= 4 is 69.9 Å². The molecule has 0 unspecified atom stereocenters. The van der Waals surface area contributed by atoms with Gasteiger partial charge in [-0.2, -0.15) is 0 Å². The molecule has 4 aromatic heterocycles. The van der Waals surface area contributed by atoms with E-state index >= 15 is 0 Å². The van der Waals surface area contributed by atoms with Crippen molar-refractivity contribution in [3.63, 3.8) is 0 Å². The number of Topliss-reactive ketones (excluding diaryl/α,β-unsaturated/α-hetero) is 2. The Morgan fingerprint density at radius 2 is 0.524 bits per heavy atom. The highest BCUT2D eigenvalue weighted by atomic mass is 16.5. The number of amides is 4. The summed E-state index contributed by atoms with van der Waals surface area (Å²) in [5.41, 5.74) is 4.64. The third-order valence-electron chi connectivity index (χ3n) is 12.8. The number of anilines is 4. The molecule has 418 valence electrons. The fourth-order valence-electron chi connectivity index (χ4n) is 8.67. The van der Waals surface area contributed by atoms with Crippen LogP contribution in [-0.2, 0) is 38.2 Å². The molecule has 4 heterocycles. The molecule has 0 aliphatic heterocycles. The summed E-state index contributed by atoms with van der Waals surface area (Å²) < 4.78 is 15.9. The maximum Gasteiger partial charge on any atom is 0.351 e. The molecule has 4 amide bonds. The van der Waals surface area contributed by atoms with E-state index < -0.39 is 47.1 Å². The molecule has 0 spiro atoms. The van der Waals surface area contributed by atoms with Gasteiger partial charge in [0.2, 0.25) is 12.1 Å². The Morgan fingerprint density at radius 3 is 0.750 bits per heavy atom. The number of aromatic nitrogens is 4. The molecule has 0 saturated heterocycles. The number of para-hydroxylation sites is 4. The summed E-state index contributed by atoms with van der Waals surface area (Å²) >= 11 is 0. The van der Waals surface area contributed by atoms with E-state index in [9.17, 15) is 38.4 Å². The van der Waals surface area contributed by atoms with Crippen LogP contribution in [0.1, 0.15) is 34.6 Å². The summed E-state index contributed by atoms with van der Waals surface area (Å²) in [6, 6.07) is 52.7. The Labute approximate surface area is 483 Å². The Bertz CT molecular complexity index is 3530. The lowest BCUT2D eigenvalue weighted by atomic mass is 9.97. The highest BCUT2D eigenvalue weighted by Crippen LogP contribution is 2.23. The molecule has 9 rings (SSSR count). The smallest absolute Gasteiger partial charge is 0.351 e. The number of pyridine rings is 4. The lowest BCUT2D eigenvalue weighted by molar-refractivity contribution is -0.642. The lowest BCUT2D eigenvalue weighted by Crippen LogP contribution is -2.51. The van der Waals surface area contributed by atoms with E-state index in [1.54, 1.807) is 233 Å². The van der Waals surface area contributed by atoms with Gasteiger partial charge in [0.25, 0.3) is 35.7 Å². The minimum Gasteiger partial charge on any atom is -0.467 e. The predicted molar refractivity (Wildman–Crippen MR) is 308 cm³/mol. The monoisotopic (exact) mass is 1120 g/mol. The molecular formula is C66H54N8O10. The molecule has 5 aromatic carbocycles. The van der Waals surface area contributed by atoms with Crippen LogP contribution in [-0.4, -0.2) is 60.3 Å². The van der Waals surface area contributed by atoms with Gasteiger partial charge in [-0.25, -0.2) is 0 Å². The second-order valence-electron chi connectivity index (χ2n) is 18.3. The van der Waals surface area contributed by atoms with Crippen LogP contribution in [0.5, 0.6) is 0 Å². The zero-order valence-electron chi connectivity index (χ0n) is 45.4. The Balaban J connectivity index is 0.953. The summed E-state index contributed by atoms with van der Waals surface area (Å²) in [6.45, 7) is 3.38. The zero-order valence-corrected chi connectivity index (χ0v) is 45.4. The first-order valence-electron chi connectivity index (χ1n) is 26.4. The molecule has 9 aromatic rings. The van der Waals surface area contributed by atoms with Crippen molar-refractivity contribution in [3.8, 4) is 22.3 Å². The number of carbonyl (C=O) groups is 8. The number of carbonyl (C=O) groups excluding carboxylic acids is 8. The topological polar surface area (TPSA) is 219 Å². The van der Waals surface area contributed by atoms with Crippen molar-refractivity contribution in [2.75, 3.05) is 34.5 Å². The Morgan fingerprint density at radius 1 is 0.310 bits per heavy atom. The summed E-state index contributed by atoms with van der Waals surface area (Å²) in [7, 11) is 0. The molecule has 0 radical (unpaired) electrons. The van der Waals surface area contributed by atoms with E-state index in [2.05, 4.69) is 21.3 Å². The van der Waals surface area contributed by atoms with Crippen LogP contribution in [0.4, 0.5) is 22.7 Å². The highest BCUT2D eigenvalue weighted by molar-refractivity contribution is 6.25. The number of benzene rings is 5. The summed E-state index contributed by atoms with van der Waals surface area (Å²) in [4.78, 5) is 110. The Kier molecular flexibility index (Phi) is 18.3. The van der Waals surface area contributed by atoms with Gasteiger partial charge in [-0.3, -0.25) is 37.9 Å². The fourth-order valence-corrected chi connectivity index (χ4v) is 8.67. The van der Waals surface area contributed by atoms with E-state index in [1.165, 1.54) is 42.5 Å². The molecule has 18 heteroatoms. The predicted octanol–water partition coefficient (Wildman–Crippen LogP) is 7.14. The second-order valence-corrected chi connectivity index (χ2v) is 18.3. The third kappa shape index (κ3) is 13.8. The summed E-state index contributed by atoms with van der Waals surface area (Å²) in [5, 5.41) is 11.1. The number of hydrogen-bond acceptors (Lipinski definition) is 10. The van der Waals surface area contributed by atoms with E-state index in [0.717, 1.165) is 0 Å². The van der Waals surface area contributed by atoms with Gasteiger partial charge in [0.05, 0.1) is 62.8 Å². The minimum absolute atomic E-state index is 0.0510. The number of nitrogens with one attached hydrogen (secondary N) is 4. The Hall–Kier alpha value is -11.7. The van der Waals surface area contributed by atoms with Crippen molar-refractivity contribution in [1.82, 2.24) is 0 Å². The quantitative estimate of drug-likeness (QED) is 0.0177. The SMILES string of the molecule is CCOC(=O)[C-](C(=O)Nc1ccccc1)[n+]1ccc(-c2cc[n+]([C-](C(=O)Nc3ccccc3)C(=O)c3ccc(C(=O)[C-](C(=O)Nc4ccccc4)[n+]4ccc(-c5cc[n+]([C-](C(=O)Nc6ccccc6)C(=O)OCC)cc5)cc4)cc3)cc2)cc1. The van der Waals surface area contributed by atoms with Gasteiger partial charge in [-0.15, -0.1) is 24.3 Å². The first kappa shape index (κ1) is 57.0. The number of ketones is 2. The van der Waals surface area contributed by atoms with Crippen LogP contribution in [0.2, 0.25) is 0 Å². The summed E-state index contributed by atoms with van der Waals surface area (Å²) in [5.74, 6) is -5.81. The molecule has 4 N–H and O–H groups in total. The zero-order chi connectivity index (χ0) is 59.0. The molecule has 0 fully saturated rings. The van der Waals surface area contributed by atoms with E-state index in [1.807, 2.05) is 0 Å². The van der Waals surface area contributed by atoms with Crippen LogP contribution in [0.25, 0.3) is 22.3 Å². The molecular weight excluding hydrogens is 1060 g/mol. The standard InChI is InChI=1S/C66H54N8O10/c1-3-83-65(81)57(63(79)69-53-21-13-7-14-22-53)73-41-33-47(34-42-73)45-29-37-71(38-30-45)55(61(77)67-51-17-9-5-10-18-51)59(75)49-25-27-50(28-26-49)60(76)56(62(78)68-52-19-11-6-12-20-52)72-39-31-46(32-40-72)48-35-43-74(44-36-48)58(66(82)84-4-2)64(80)70-54-23-15-8-16-24-54/h5-44H,3-4H2,1-2H3,(H,67,77)(H,68,78)(H,69,79)(H,70,80). The van der Waals surface area contributed by atoms with Gasteiger partial charge in [0.15, 0.2) is 11.6 Å². The van der Waals surface area contributed by atoms with E-state index in [0.29, 0.717) is 45.0 Å². The lowest BCUT2D eigenvalue weighted by Gasteiger charge is -2.20. The molecule has 0 aliphatic rings. The normalized spacial score (nSPS) is 10.5. The molecule has 0 saturated carbocycles. The number of hydrogen-bond donors (Lipinski definition) is 4. The summed E-state index contributed by atoms with van der Waals surface area (Å²) in [6.07, 6.45) is 12.4. The average molecular weight is 1120 g/mol. The van der Waals surface area contributed by atoms with Crippen molar-refractivity contribution in [2.24, 2.45) is 0 Å². The molecule has 0 atom stereocenters. The average Bonchev–Trinajstić information content (AvgIpc) is 3.55. The van der Waals surface area contributed by atoms with Gasteiger partial charge >= 0.3 is 11.9 Å². The first-order valence-corrected chi connectivity index (χ1v) is 26.4. The number of esters is 2. The van der Waals surface area contributed by atoms with Gasteiger partial charge in [0.1, 0.15) is 0 Å². The number of ether oxygens (including phenoxy) is 2. The highest BCUT2D eigenvalue weighted by Gasteiger charge is 2.36. The first-order chi connectivity index (χ1) is 40.9. The van der Waals surface area contributed by atoms with Gasteiger partial charge in [0, 0.05) is 22.7 Å². The fraction of sp³-hybridized carbons (Fsp3) is 0.0606. The molecule has 84 heavy (non-hydrogen) atoms. The van der Waals surface area contributed by atoms with Crippen molar-refractivity contribution in [3.05, 3.63) is 279 Å². The molecule has 18 nitrogen and oxygen atoms in total. The van der Waals surface area contributed by atoms with Crippen LogP contribution in [0.3, 0.4) is 0 Å². The van der Waals surface area contributed by atoms with Crippen molar-refractivity contribution in [1.29, 1.82) is 0 Å². The van der Waals surface area contributed by atoms with Crippen molar-refractivity contribution < 1.29 is 66.1 Å². The second kappa shape index (κ2) is 27.0. The van der Waals surface area contributed by atoms with Crippen LogP contribution >= 0.6 is 0 Å². The van der Waals surface area contributed by atoms with Crippen LogP contribution in [0, 0.1) is 24.2 Å². The molecule has 0 bridgehead atoms. The van der Waals surface area contributed by atoms with Crippen LogP contribution < -0.4 is 39.5 Å². The van der Waals surface area contributed by atoms with Gasteiger partial charge in [-0.05, 0) is 144 Å². The van der Waals surface area contributed by atoms with Crippen LogP contribution in [0.15, 0.2) is 244 Å². The third-order valence-corrected chi connectivity index (χ3v) is 12.8. The van der Waals surface area contributed by atoms with Gasteiger partial charge in [-0.1, -0.05) is 72.8 Å². The van der Waals surface area contributed by atoms with E-state index in [4.69, 9.17) is 9.47 Å². The van der Waals surface area contributed by atoms with Crippen molar-refractivity contribution in [2.45, 2.75) is 13.8 Å². The molecule has 0 aliphatic carbocycles.